The van der Waals surface area contributed by atoms with Crippen LogP contribution in [0.25, 0.3) is 11.4 Å². The summed E-state index contributed by atoms with van der Waals surface area (Å²) in [7, 11) is 1.65. The molecule has 3 rings (SSSR count). The molecule has 0 aliphatic carbocycles. The number of hydrogen-bond acceptors (Lipinski definition) is 6. The first-order valence-corrected chi connectivity index (χ1v) is 10.4. The monoisotopic (exact) mass is 421 g/mol. The number of thioether (sulfide) groups is 1. The van der Waals surface area contributed by atoms with Crippen molar-refractivity contribution in [1.82, 2.24) is 14.8 Å². The van der Waals surface area contributed by atoms with Crippen LogP contribution < -0.4 is 5.32 Å². The molecule has 8 heteroatoms. The van der Waals surface area contributed by atoms with Gasteiger partial charge in [-0.05, 0) is 38.1 Å². The van der Waals surface area contributed by atoms with Gasteiger partial charge in [0.2, 0.25) is 5.91 Å². The van der Waals surface area contributed by atoms with E-state index in [-0.39, 0.29) is 5.91 Å². The van der Waals surface area contributed by atoms with Gasteiger partial charge in [-0.2, -0.15) is 5.26 Å². The molecule has 0 aliphatic heterocycles. The smallest absolute Gasteiger partial charge is 0.237 e. The molecular formula is C22H23N5O2S. The van der Waals surface area contributed by atoms with Crippen LogP contribution in [0.5, 0.6) is 0 Å². The Morgan fingerprint density at radius 3 is 2.80 bits per heavy atom. The fraction of sp³-hybridized carbons (Fsp3) is 0.273. The number of ether oxygens (including phenoxy) is 1. The summed E-state index contributed by atoms with van der Waals surface area (Å²) >= 11 is 1.33. The van der Waals surface area contributed by atoms with E-state index in [1.807, 2.05) is 36.6 Å². The summed E-state index contributed by atoms with van der Waals surface area (Å²) in [5, 5.41) is 20.8. The average Bonchev–Trinajstić information content (AvgIpc) is 3.14. The Bertz CT molecular complexity index is 1070. The molecule has 1 heterocycles. The van der Waals surface area contributed by atoms with Crippen LogP contribution in [0.2, 0.25) is 0 Å². The highest BCUT2D eigenvalue weighted by atomic mass is 32.2. The van der Waals surface area contributed by atoms with E-state index >= 15 is 0 Å². The largest absolute Gasteiger partial charge is 0.383 e. The number of rotatable bonds is 8. The van der Waals surface area contributed by atoms with Crippen LogP contribution in [0.3, 0.4) is 0 Å². The van der Waals surface area contributed by atoms with Crippen molar-refractivity contribution in [3.63, 3.8) is 0 Å². The summed E-state index contributed by atoms with van der Waals surface area (Å²) in [6.45, 7) is 4.93. The Hall–Kier alpha value is -3.15. The molecule has 1 unspecified atom stereocenters. The van der Waals surface area contributed by atoms with E-state index in [4.69, 9.17) is 10.00 Å². The predicted octanol–water partition coefficient (Wildman–Crippen LogP) is 3.89. The van der Waals surface area contributed by atoms with Gasteiger partial charge in [0.1, 0.15) is 0 Å². The topological polar surface area (TPSA) is 92.8 Å². The number of hydrogen-bond donors (Lipinski definition) is 1. The third kappa shape index (κ3) is 5.26. The second-order valence-corrected chi connectivity index (χ2v) is 8.07. The summed E-state index contributed by atoms with van der Waals surface area (Å²) in [4.78, 5) is 12.7. The molecule has 0 aliphatic rings. The van der Waals surface area contributed by atoms with Crippen LogP contribution in [-0.4, -0.2) is 39.6 Å². The average molecular weight is 422 g/mol. The van der Waals surface area contributed by atoms with Gasteiger partial charge < -0.3 is 10.1 Å². The predicted molar refractivity (Wildman–Crippen MR) is 117 cm³/mol. The minimum Gasteiger partial charge on any atom is -0.383 e. The molecule has 1 aromatic heterocycles. The first-order valence-electron chi connectivity index (χ1n) is 9.48. The number of nitriles is 1. The fourth-order valence-corrected chi connectivity index (χ4v) is 3.75. The van der Waals surface area contributed by atoms with Crippen LogP contribution in [0.4, 0.5) is 5.69 Å². The molecule has 0 bridgehead atoms. The molecule has 0 saturated heterocycles. The van der Waals surface area contributed by atoms with Crippen LogP contribution in [0.1, 0.15) is 18.1 Å². The van der Waals surface area contributed by atoms with Gasteiger partial charge in [0.15, 0.2) is 11.0 Å². The lowest BCUT2D eigenvalue weighted by atomic mass is 10.1. The second kappa shape index (κ2) is 10.1. The van der Waals surface area contributed by atoms with E-state index in [0.717, 1.165) is 17.0 Å². The highest BCUT2D eigenvalue weighted by Crippen LogP contribution is 2.28. The van der Waals surface area contributed by atoms with E-state index in [1.165, 1.54) is 11.8 Å². The molecule has 1 atom stereocenters. The molecule has 1 N–H and O–H groups in total. The number of methoxy groups -OCH3 is 1. The van der Waals surface area contributed by atoms with Gasteiger partial charge in [-0.25, -0.2) is 0 Å². The van der Waals surface area contributed by atoms with E-state index < -0.39 is 5.25 Å². The van der Waals surface area contributed by atoms with Gasteiger partial charge >= 0.3 is 0 Å². The Morgan fingerprint density at radius 2 is 2.07 bits per heavy atom. The summed E-state index contributed by atoms with van der Waals surface area (Å²) < 4.78 is 7.22. The number of aromatic nitrogens is 3. The van der Waals surface area contributed by atoms with Crippen LogP contribution >= 0.6 is 11.8 Å². The SMILES string of the molecule is COCCn1c(SC(C)C(=O)Nc2cccc(C#N)c2)nnc1-c1cccc(C)c1. The van der Waals surface area contributed by atoms with Gasteiger partial charge in [-0.3, -0.25) is 9.36 Å². The van der Waals surface area contributed by atoms with Crippen molar-refractivity contribution in [2.45, 2.75) is 30.8 Å². The highest BCUT2D eigenvalue weighted by molar-refractivity contribution is 8.00. The molecule has 3 aromatic rings. The first kappa shape index (κ1) is 21.6. The molecular weight excluding hydrogens is 398 g/mol. The molecule has 2 aromatic carbocycles. The lowest BCUT2D eigenvalue weighted by Crippen LogP contribution is -2.23. The summed E-state index contributed by atoms with van der Waals surface area (Å²) in [6.07, 6.45) is 0. The van der Waals surface area contributed by atoms with Crippen molar-refractivity contribution in [1.29, 1.82) is 5.26 Å². The Balaban J connectivity index is 1.79. The lowest BCUT2D eigenvalue weighted by molar-refractivity contribution is -0.115. The molecule has 0 fully saturated rings. The third-order valence-electron chi connectivity index (χ3n) is 4.42. The molecule has 0 saturated carbocycles. The van der Waals surface area contributed by atoms with E-state index in [9.17, 15) is 4.79 Å². The maximum absolute atomic E-state index is 12.7. The third-order valence-corrected chi connectivity index (χ3v) is 5.50. The number of nitrogens with one attached hydrogen (secondary N) is 1. The van der Waals surface area contributed by atoms with Crippen molar-refractivity contribution in [3.05, 3.63) is 59.7 Å². The number of anilines is 1. The number of nitrogens with zero attached hydrogens (tertiary/aromatic N) is 4. The van der Waals surface area contributed by atoms with Crippen molar-refractivity contribution in [2.24, 2.45) is 0 Å². The first-order chi connectivity index (χ1) is 14.5. The van der Waals surface area contributed by atoms with Crippen LogP contribution in [0, 0.1) is 18.3 Å². The number of carbonyl (C=O) groups is 1. The van der Waals surface area contributed by atoms with Crippen molar-refractivity contribution >= 4 is 23.4 Å². The van der Waals surface area contributed by atoms with E-state index in [2.05, 4.69) is 27.6 Å². The molecule has 0 spiro atoms. The second-order valence-electron chi connectivity index (χ2n) is 6.76. The van der Waals surface area contributed by atoms with Gasteiger partial charge in [0.05, 0.1) is 30.0 Å². The Labute approximate surface area is 180 Å². The van der Waals surface area contributed by atoms with Gasteiger partial charge in [0.25, 0.3) is 0 Å². The zero-order chi connectivity index (χ0) is 21.5. The zero-order valence-corrected chi connectivity index (χ0v) is 17.9. The van der Waals surface area contributed by atoms with Crippen LogP contribution in [-0.2, 0) is 16.1 Å². The minimum absolute atomic E-state index is 0.173. The molecule has 154 valence electrons. The Kier molecular flexibility index (Phi) is 7.22. The summed E-state index contributed by atoms with van der Waals surface area (Å²) in [5.41, 5.74) is 3.19. The van der Waals surface area contributed by atoms with Crippen molar-refractivity contribution in [2.75, 3.05) is 19.0 Å². The lowest BCUT2D eigenvalue weighted by Gasteiger charge is -2.14. The maximum atomic E-state index is 12.7. The molecule has 0 radical (unpaired) electrons. The molecule has 30 heavy (non-hydrogen) atoms. The van der Waals surface area contributed by atoms with E-state index in [0.29, 0.717) is 29.6 Å². The highest BCUT2D eigenvalue weighted by Gasteiger charge is 2.21. The van der Waals surface area contributed by atoms with E-state index in [1.54, 1.807) is 31.4 Å². The number of carbonyl (C=O) groups excluding carboxylic acids is 1. The summed E-state index contributed by atoms with van der Waals surface area (Å²) in [6, 6.07) is 17.0. The molecule has 7 nitrogen and oxygen atoms in total. The standard InChI is InChI=1S/C22H23N5O2S/c1-15-6-4-8-18(12-15)20-25-26-22(27(20)10-11-29-3)30-16(2)21(28)24-19-9-5-7-17(13-19)14-23/h4-9,12-13,16H,10-11H2,1-3H3,(H,24,28). The quantitative estimate of drug-likeness (QED) is 0.555. The van der Waals surface area contributed by atoms with Crippen molar-refractivity contribution in [3.8, 4) is 17.5 Å². The van der Waals surface area contributed by atoms with Crippen LogP contribution in [0.15, 0.2) is 53.7 Å². The minimum atomic E-state index is -0.411. The number of benzene rings is 2. The van der Waals surface area contributed by atoms with Crippen molar-refractivity contribution < 1.29 is 9.53 Å². The number of aryl methyl sites for hydroxylation is 1. The molecule has 1 amide bonds. The number of amides is 1. The van der Waals surface area contributed by atoms with Gasteiger partial charge in [0, 0.05) is 18.4 Å². The van der Waals surface area contributed by atoms with Gasteiger partial charge in [-0.15, -0.1) is 10.2 Å². The fourth-order valence-electron chi connectivity index (χ4n) is 2.88. The summed E-state index contributed by atoms with van der Waals surface area (Å²) in [5.74, 6) is 0.570. The Morgan fingerprint density at radius 1 is 1.27 bits per heavy atom. The maximum Gasteiger partial charge on any atom is 0.237 e. The normalized spacial score (nSPS) is 11.7. The zero-order valence-electron chi connectivity index (χ0n) is 17.1. The van der Waals surface area contributed by atoms with Gasteiger partial charge in [-0.1, -0.05) is 41.6 Å².